The molecule has 1 heterocycles. The van der Waals surface area contributed by atoms with Crippen molar-refractivity contribution in [2.75, 3.05) is 20.3 Å². The Morgan fingerprint density at radius 1 is 1.00 bits per heavy atom. The van der Waals surface area contributed by atoms with Crippen molar-refractivity contribution in [3.05, 3.63) is 71.8 Å². The lowest BCUT2D eigenvalue weighted by Crippen LogP contribution is -2.15. The molecule has 0 atom stereocenters. The minimum atomic E-state index is -1.01. The van der Waals surface area contributed by atoms with E-state index in [0.717, 1.165) is 40.6 Å². The number of carbonyl (C=O) groups is 2. The van der Waals surface area contributed by atoms with Gasteiger partial charge in [0.25, 0.3) is 0 Å². The fraction of sp³-hybridized carbons (Fsp3) is 0.310. The molecule has 1 aromatic heterocycles. The predicted molar refractivity (Wildman–Crippen MR) is 139 cm³/mol. The van der Waals surface area contributed by atoms with Crippen LogP contribution in [0.1, 0.15) is 42.6 Å². The smallest absolute Gasteiger partial charge is 0.344 e. The Bertz CT molecular complexity index is 1390. The first-order valence-electron chi connectivity index (χ1n) is 12.1. The van der Waals surface area contributed by atoms with Crippen LogP contribution in [0.15, 0.2) is 60.7 Å². The molecule has 7 nitrogen and oxygen atoms in total. The van der Waals surface area contributed by atoms with Gasteiger partial charge in [-0.2, -0.15) is 0 Å². The summed E-state index contributed by atoms with van der Waals surface area (Å²) in [5, 5.41) is 11.2. The lowest BCUT2D eigenvalue weighted by atomic mass is 10.1. The number of rotatable bonds is 11. The fourth-order valence-corrected chi connectivity index (χ4v) is 4.43. The summed E-state index contributed by atoms with van der Waals surface area (Å²) < 4.78 is 18.6. The van der Waals surface area contributed by atoms with Gasteiger partial charge in [-0.1, -0.05) is 38.1 Å². The van der Waals surface area contributed by atoms with Crippen LogP contribution in [0.3, 0.4) is 0 Å². The first-order chi connectivity index (χ1) is 17.4. The topological polar surface area (TPSA) is 87.0 Å². The number of hydrogen-bond acceptors (Lipinski definition) is 5. The Morgan fingerprint density at radius 2 is 1.81 bits per heavy atom. The molecule has 0 aliphatic heterocycles. The number of esters is 1. The quantitative estimate of drug-likeness (QED) is 0.208. The number of aromatic carboxylic acids is 1. The number of aromatic nitrogens is 1. The van der Waals surface area contributed by atoms with Gasteiger partial charge >= 0.3 is 11.9 Å². The molecule has 4 aromatic rings. The maximum Gasteiger partial charge on any atom is 0.344 e. The van der Waals surface area contributed by atoms with Crippen LogP contribution in [0.25, 0.3) is 21.8 Å². The van der Waals surface area contributed by atoms with Crippen LogP contribution in [0.2, 0.25) is 0 Å². The molecular weight excluding hydrogens is 458 g/mol. The summed E-state index contributed by atoms with van der Waals surface area (Å²) in [4.78, 5) is 24.2. The molecule has 0 unspecified atom stereocenters. The largest absolute Gasteiger partial charge is 0.496 e. The standard InChI is InChI=1S/C29H31NO6/c1-19(2)8-7-15-35-27(31)18-36-21-13-14-24-23(16-21)28-22(29(32)33)10-6-11-25(28)30(24)17-20-9-4-5-12-26(20)34-3/h4-6,9-14,16,19H,7-8,15,17-18H2,1-3H3,(H,32,33). The Balaban J connectivity index is 1.66. The first kappa shape index (κ1) is 25.1. The van der Waals surface area contributed by atoms with Crippen molar-refractivity contribution in [2.24, 2.45) is 5.92 Å². The maximum absolute atomic E-state index is 12.1. The third-order valence-corrected chi connectivity index (χ3v) is 6.16. The zero-order chi connectivity index (χ0) is 25.7. The highest BCUT2D eigenvalue weighted by molar-refractivity contribution is 6.17. The maximum atomic E-state index is 12.1. The zero-order valence-corrected chi connectivity index (χ0v) is 20.8. The van der Waals surface area contributed by atoms with E-state index in [-0.39, 0.29) is 12.2 Å². The number of methoxy groups -OCH3 is 1. The highest BCUT2D eigenvalue weighted by Gasteiger charge is 2.19. The van der Waals surface area contributed by atoms with Gasteiger partial charge in [0.15, 0.2) is 6.61 Å². The second kappa shape index (κ2) is 11.2. The van der Waals surface area contributed by atoms with Crippen molar-refractivity contribution < 1.29 is 28.9 Å². The average Bonchev–Trinajstić information content (AvgIpc) is 3.18. The van der Waals surface area contributed by atoms with Gasteiger partial charge in [0.1, 0.15) is 11.5 Å². The van der Waals surface area contributed by atoms with E-state index in [1.54, 1.807) is 31.4 Å². The van der Waals surface area contributed by atoms with Gasteiger partial charge < -0.3 is 23.9 Å². The van der Waals surface area contributed by atoms with Crippen LogP contribution in [-0.2, 0) is 16.1 Å². The Morgan fingerprint density at radius 3 is 2.56 bits per heavy atom. The third kappa shape index (κ3) is 5.46. The molecule has 36 heavy (non-hydrogen) atoms. The second-order valence-corrected chi connectivity index (χ2v) is 9.13. The molecule has 0 aliphatic carbocycles. The normalized spacial score (nSPS) is 11.2. The molecule has 0 spiro atoms. The minimum Gasteiger partial charge on any atom is -0.496 e. The van der Waals surface area contributed by atoms with E-state index in [4.69, 9.17) is 14.2 Å². The molecule has 7 heteroatoms. The Labute approximate surface area is 210 Å². The summed E-state index contributed by atoms with van der Waals surface area (Å²) in [6, 6.07) is 18.5. The van der Waals surface area contributed by atoms with Crippen molar-refractivity contribution >= 4 is 33.7 Å². The molecule has 0 saturated heterocycles. The monoisotopic (exact) mass is 489 g/mol. The molecule has 0 aliphatic rings. The van der Waals surface area contributed by atoms with Gasteiger partial charge in [-0.3, -0.25) is 0 Å². The van der Waals surface area contributed by atoms with E-state index in [1.807, 2.05) is 36.4 Å². The number of carboxylic acids is 1. The van der Waals surface area contributed by atoms with Crippen molar-refractivity contribution in [3.8, 4) is 11.5 Å². The number of hydrogen-bond donors (Lipinski definition) is 1. The predicted octanol–water partition coefficient (Wildman–Crippen LogP) is 5.91. The van der Waals surface area contributed by atoms with Crippen LogP contribution < -0.4 is 9.47 Å². The summed E-state index contributed by atoms with van der Waals surface area (Å²) in [6.07, 6.45) is 1.81. The molecule has 3 aromatic carbocycles. The summed E-state index contributed by atoms with van der Waals surface area (Å²) in [5.74, 6) is 0.358. The highest BCUT2D eigenvalue weighted by Crippen LogP contribution is 2.35. The van der Waals surface area contributed by atoms with Gasteiger partial charge in [-0.15, -0.1) is 0 Å². The minimum absolute atomic E-state index is 0.206. The van der Waals surface area contributed by atoms with E-state index in [2.05, 4.69) is 18.4 Å². The SMILES string of the molecule is COc1ccccc1Cn1c2ccc(OCC(=O)OCCCC(C)C)cc2c2c(C(=O)O)cccc21. The molecule has 0 amide bonds. The van der Waals surface area contributed by atoms with E-state index < -0.39 is 11.9 Å². The van der Waals surface area contributed by atoms with Crippen molar-refractivity contribution in [1.82, 2.24) is 4.57 Å². The summed E-state index contributed by atoms with van der Waals surface area (Å²) in [6.45, 7) is 4.92. The first-order valence-corrected chi connectivity index (χ1v) is 12.1. The second-order valence-electron chi connectivity index (χ2n) is 9.13. The average molecular weight is 490 g/mol. The van der Waals surface area contributed by atoms with Crippen molar-refractivity contribution in [1.29, 1.82) is 0 Å². The summed E-state index contributed by atoms with van der Waals surface area (Å²) >= 11 is 0. The molecule has 1 N–H and O–H groups in total. The van der Waals surface area contributed by atoms with E-state index in [0.29, 0.717) is 30.2 Å². The van der Waals surface area contributed by atoms with Crippen LogP contribution >= 0.6 is 0 Å². The van der Waals surface area contributed by atoms with Gasteiger partial charge in [-0.25, -0.2) is 9.59 Å². The van der Waals surface area contributed by atoms with E-state index >= 15 is 0 Å². The highest BCUT2D eigenvalue weighted by atomic mass is 16.6. The van der Waals surface area contributed by atoms with Gasteiger partial charge in [0.2, 0.25) is 0 Å². The van der Waals surface area contributed by atoms with Gasteiger partial charge in [0.05, 0.1) is 31.3 Å². The van der Waals surface area contributed by atoms with Crippen LogP contribution in [-0.4, -0.2) is 41.9 Å². The van der Waals surface area contributed by atoms with Crippen LogP contribution in [0, 0.1) is 5.92 Å². The zero-order valence-electron chi connectivity index (χ0n) is 20.8. The number of fused-ring (bicyclic) bond motifs is 3. The number of carboxylic acid groups (broad SMARTS) is 1. The summed E-state index contributed by atoms with van der Waals surface area (Å²) in [5.41, 5.74) is 2.82. The number of para-hydroxylation sites is 1. The Kier molecular flexibility index (Phi) is 7.78. The molecular formula is C29H31NO6. The molecule has 0 fully saturated rings. The Hall–Kier alpha value is -4.00. The van der Waals surface area contributed by atoms with Gasteiger partial charge in [-0.05, 0) is 55.2 Å². The fourth-order valence-electron chi connectivity index (χ4n) is 4.43. The van der Waals surface area contributed by atoms with Crippen LogP contribution in [0.4, 0.5) is 0 Å². The lowest BCUT2D eigenvalue weighted by Gasteiger charge is -2.12. The molecule has 4 rings (SSSR count). The molecule has 0 bridgehead atoms. The number of benzene rings is 3. The molecule has 0 radical (unpaired) electrons. The van der Waals surface area contributed by atoms with Crippen molar-refractivity contribution in [3.63, 3.8) is 0 Å². The number of nitrogens with zero attached hydrogens (tertiary/aromatic N) is 1. The van der Waals surface area contributed by atoms with E-state index in [1.165, 1.54) is 0 Å². The number of ether oxygens (including phenoxy) is 3. The van der Waals surface area contributed by atoms with Crippen LogP contribution in [0.5, 0.6) is 11.5 Å². The van der Waals surface area contributed by atoms with E-state index in [9.17, 15) is 14.7 Å². The third-order valence-electron chi connectivity index (χ3n) is 6.16. The lowest BCUT2D eigenvalue weighted by molar-refractivity contribution is -0.146. The van der Waals surface area contributed by atoms with Gasteiger partial charge in [0, 0.05) is 21.9 Å². The molecule has 0 saturated carbocycles. The molecule has 188 valence electrons. The number of carbonyl (C=O) groups excluding carboxylic acids is 1. The summed E-state index contributed by atoms with van der Waals surface area (Å²) in [7, 11) is 1.63. The van der Waals surface area contributed by atoms with Crippen molar-refractivity contribution in [2.45, 2.75) is 33.2 Å².